The second-order valence-corrected chi connectivity index (χ2v) is 11.5. The number of hydrogen-bond acceptors (Lipinski definition) is 5. The Morgan fingerprint density at radius 3 is 2.65 bits per heavy atom. The van der Waals surface area contributed by atoms with E-state index in [0.29, 0.717) is 55.0 Å². The van der Waals surface area contributed by atoms with Gasteiger partial charge in [-0.05, 0) is 78.6 Å². The van der Waals surface area contributed by atoms with Gasteiger partial charge in [0.05, 0.1) is 33.9 Å². The number of likely N-dealkylation sites (tertiary alicyclic amines) is 1. The number of nitrogens with one attached hydrogen (secondary N) is 2. The molecule has 3 aromatic rings. The minimum absolute atomic E-state index is 0.0974. The highest BCUT2D eigenvalue weighted by Gasteiger charge is 2.54. The molecule has 2 N–H and O–H groups in total. The molecular weight excluding hydrogens is 607 g/mol. The summed E-state index contributed by atoms with van der Waals surface area (Å²) < 4.78 is 0.824. The van der Waals surface area contributed by atoms with E-state index in [0.717, 1.165) is 20.0 Å². The molecule has 6 rings (SSSR count). The third-order valence-electron chi connectivity index (χ3n) is 7.73. The van der Waals surface area contributed by atoms with Gasteiger partial charge in [0, 0.05) is 33.2 Å². The number of halogens is 2. The zero-order valence-electron chi connectivity index (χ0n) is 19.7. The Bertz CT molecular complexity index is 1520. The van der Waals surface area contributed by atoms with Gasteiger partial charge in [0.25, 0.3) is 5.91 Å². The predicted octanol–water partition coefficient (Wildman–Crippen LogP) is 3.51. The molecule has 188 valence electrons. The van der Waals surface area contributed by atoms with Crippen molar-refractivity contribution in [3.05, 3.63) is 56.2 Å². The topological polar surface area (TPSA) is 122 Å². The van der Waals surface area contributed by atoms with Gasteiger partial charge in [0.2, 0.25) is 11.8 Å². The zero-order chi connectivity index (χ0) is 25.9. The Morgan fingerprint density at radius 2 is 1.95 bits per heavy atom. The van der Waals surface area contributed by atoms with Crippen LogP contribution in [0.15, 0.2) is 36.5 Å². The first-order chi connectivity index (χ1) is 17.8. The number of amides is 3. The van der Waals surface area contributed by atoms with E-state index in [9.17, 15) is 19.6 Å². The molecule has 9 nitrogen and oxygen atoms in total. The number of anilines is 1. The first-order valence-electron chi connectivity index (χ1n) is 12.0. The number of hydrogen-bond donors (Lipinski definition) is 2. The number of benzene rings is 2. The molecule has 3 amide bonds. The quantitative estimate of drug-likeness (QED) is 0.429. The van der Waals surface area contributed by atoms with Crippen LogP contribution in [0.25, 0.3) is 10.9 Å². The lowest BCUT2D eigenvalue weighted by atomic mass is 9.73. The zero-order valence-corrected chi connectivity index (χ0v) is 22.6. The minimum Gasteiger partial charge on any atom is -0.339 e. The van der Waals surface area contributed by atoms with E-state index in [-0.39, 0.29) is 24.3 Å². The molecule has 3 heterocycles. The van der Waals surface area contributed by atoms with Gasteiger partial charge in [-0.3, -0.25) is 19.5 Å². The summed E-state index contributed by atoms with van der Waals surface area (Å²) in [5.74, 6) is -0.651. The van der Waals surface area contributed by atoms with E-state index in [1.165, 1.54) is 4.90 Å². The fraction of sp³-hybridized carbons (Fsp3) is 0.346. The molecule has 1 saturated carbocycles. The molecule has 0 unspecified atom stereocenters. The summed E-state index contributed by atoms with van der Waals surface area (Å²) in [7, 11) is 0. The number of piperidine rings is 1. The summed E-state index contributed by atoms with van der Waals surface area (Å²) >= 11 is 8.93. The summed E-state index contributed by atoms with van der Waals surface area (Å²) in [5, 5.41) is 20.4. The summed E-state index contributed by atoms with van der Waals surface area (Å²) in [4.78, 5) is 43.3. The van der Waals surface area contributed by atoms with Gasteiger partial charge >= 0.3 is 0 Å². The van der Waals surface area contributed by atoms with Gasteiger partial charge in [-0.1, -0.05) is 11.6 Å². The molecule has 1 aliphatic carbocycles. The van der Waals surface area contributed by atoms with Crippen molar-refractivity contribution in [2.75, 3.05) is 24.5 Å². The summed E-state index contributed by atoms with van der Waals surface area (Å²) in [5.41, 5.74) is 1.06. The number of nitrogens with zero attached hydrogens (tertiary/aromatic N) is 4. The number of carbonyl (C=O) groups excluding carboxylic acids is 3. The minimum atomic E-state index is -0.911. The standard InChI is InChI=1S/C26H22ClIN6O3/c27-22-17(28)2-4-19-21(22)26(24(37)34(19)13-20(35)31-25(14-29)5-6-25)7-9-33(10-8-26)23(36)15-1-3-18-16(11-15)12-30-32-18/h1-4,11-12H,5-10,13H2,(H,30,32)(H,31,35). The third kappa shape index (κ3) is 3.87. The van der Waals surface area contributed by atoms with E-state index in [4.69, 9.17) is 11.6 Å². The summed E-state index contributed by atoms with van der Waals surface area (Å²) in [6.45, 7) is 0.584. The van der Waals surface area contributed by atoms with Gasteiger partial charge in [-0.25, -0.2) is 0 Å². The lowest BCUT2D eigenvalue weighted by Gasteiger charge is -2.39. The highest BCUT2D eigenvalue weighted by atomic mass is 127. The number of H-pyrrole nitrogens is 1. The van der Waals surface area contributed by atoms with Crippen LogP contribution in [0.5, 0.6) is 0 Å². The van der Waals surface area contributed by atoms with Crippen molar-refractivity contribution in [2.24, 2.45) is 0 Å². The molecule has 1 saturated heterocycles. The van der Waals surface area contributed by atoms with Crippen molar-refractivity contribution < 1.29 is 14.4 Å². The van der Waals surface area contributed by atoms with Crippen LogP contribution in [0.2, 0.25) is 5.02 Å². The molecule has 1 aromatic heterocycles. The van der Waals surface area contributed by atoms with Crippen LogP contribution in [-0.2, 0) is 15.0 Å². The van der Waals surface area contributed by atoms with E-state index in [2.05, 4.69) is 44.2 Å². The second kappa shape index (κ2) is 8.70. The highest BCUT2D eigenvalue weighted by molar-refractivity contribution is 14.1. The van der Waals surface area contributed by atoms with Crippen molar-refractivity contribution >= 4 is 68.5 Å². The van der Waals surface area contributed by atoms with Gasteiger partial charge in [-0.2, -0.15) is 10.4 Å². The van der Waals surface area contributed by atoms with Crippen molar-refractivity contribution in [3.8, 4) is 6.07 Å². The Balaban J connectivity index is 1.26. The average molecular weight is 629 g/mol. The first-order valence-corrected chi connectivity index (χ1v) is 13.5. The smallest absolute Gasteiger partial charge is 0.253 e. The normalized spacial score (nSPS) is 19.1. The SMILES string of the molecule is N#CC1(NC(=O)CN2C(=O)C3(CCN(C(=O)c4ccc5[nH]ncc5c4)CC3)c3c2ccc(I)c3Cl)CC1. The van der Waals surface area contributed by atoms with E-state index < -0.39 is 11.0 Å². The van der Waals surface area contributed by atoms with E-state index >= 15 is 0 Å². The molecule has 37 heavy (non-hydrogen) atoms. The second-order valence-electron chi connectivity index (χ2n) is 9.94. The van der Waals surface area contributed by atoms with Crippen LogP contribution in [0, 0.1) is 14.9 Å². The number of aromatic nitrogens is 2. The highest BCUT2D eigenvalue weighted by Crippen LogP contribution is 2.52. The number of aromatic amines is 1. The number of fused-ring (bicyclic) bond motifs is 3. The Kier molecular flexibility index (Phi) is 5.69. The fourth-order valence-electron chi connectivity index (χ4n) is 5.51. The van der Waals surface area contributed by atoms with Crippen LogP contribution in [0.4, 0.5) is 5.69 Å². The Hall–Kier alpha value is -3.17. The van der Waals surface area contributed by atoms with Crippen LogP contribution in [0.3, 0.4) is 0 Å². The number of carbonyl (C=O) groups is 3. The molecule has 0 bridgehead atoms. The van der Waals surface area contributed by atoms with Crippen LogP contribution < -0.4 is 10.2 Å². The maximum Gasteiger partial charge on any atom is 0.253 e. The maximum atomic E-state index is 14.0. The molecule has 0 radical (unpaired) electrons. The van der Waals surface area contributed by atoms with Gasteiger partial charge < -0.3 is 15.1 Å². The lowest BCUT2D eigenvalue weighted by molar-refractivity contribution is -0.127. The van der Waals surface area contributed by atoms with Crippen LogP contribution in [0.1, 0.15) is 41.6 Å². The van der Waals surface area contributed by atoms with Gasteiger partial charge in [0.15, 0.2) is 0 Å². The van der Waals surface area contributed by atoms with Crippen molar-refractivity contribution in [3.63, 3.8) is 0 Å². The van der Waals surface area contributed by atoms with Gasteiger partial charge in [-0.15, -0.1) is 0 Å². The molecule has 11 heteroatoms. The monoisotopic (exact) mass is 628 g/mol. The third-order valence-corrected chi connectivity index (χ3v) is 9.34. The lowest BCUT2D eigenvalue weighted by Crippen LogP contribution is -2.52. The average Bonchev–Trinajstić information content (AvgIpc) is 3.44. The maximum absolute atomic E-state index is 14.0. The molecule has 2 aromatic carbocycles. The molecule has 2 fully saturated rings. The van der Waals surface area contributed by atoms with Crippen LogP contribution in [-0.4, -0.2) is 58.0 Å². The van der Waals surface area contributed by atoms with Crippen molar-refractivity contribution in [1.82, 2.24) is 20.4 Å². The molecule has 2 aliphatic heterocycles. The molecule has 0 atom stereocenters. The first kappa shape index (κ1) is 24.2. The molecular formula is C26H22ClIN6O3. The Labute approximate surface area is 231 Å². The van der Waals surface area contributed by atoms with E-state index in [1.54, 1.807) is 17.2 Å². The van der Waals surface area contributed by atoms with Crippen LogP contribution >= 0.6 is 34.2 Å². The van der Waals surface area contributed by atoms with Crippen molar-refractivity contribution in [1.29, 1.82) is 5.26 Å². The number of nitriles is 1. The van der Waals surface area contributed by atoms with Crippen molar-refractivity contribution in [2.45, 2.75) is 36.6 Å². The number of rotatable bonds is 4. The summed E-state index contributed by atoms with van der Waals surface area (Å²) in [6.07, 6.45) is 3.72. The molecule has 1 spiro atoms. The molecule has 3 aliphatic rings. The summed E-state index contributed by atoms with van der Waals surface area (Å²) in [6, 6.07) is 11.2. The largest absolute Gasteiger partial charge is 0.339 e. The fourth-order valence-corrected chi connectivity index (χ4v) is 6.30. The Morgan fingerprint density at radius 1 is 1.19 bits per heavy atom. The van der Waals surface area contributed by atoms with E-state index in [1.807, 2.05) is 24.3 Å². The predicted molar refractivity (Wildman–Crippen MR) is 145 cm³/mol. The van der Waals surface area contributed by atoms with Gasteiger partial charge in [0.1, 0.15) is 12.1 Å².